The lowest BCUT2D eigenvalue weighted by Crippen LogP contribution is -2.23. The third kappa shape index (κ3) is 4.46. The van der Waals surface area contributed by atoms with Gasteiger partial charge in [-0.05, 0) is 31.5 Å². The molecule has 2 aromatic carbocycles. The molecular weight excluding hydrogens is 392 g/mol. The third-order valence-electron chi connectivity index (χ3n) is 4.24. The van der Waals surface area contributed by atoms with E-state index in [2.05, 4.69) is 22.1 Å². The van der Waals surface area contributed by atoms with E-state index < -0.39 is 0 Å². The van der Waals surface area contributed by atoms with Crippen molar-refractivity contribution in [1.82, 2.24) is 14.8 Å². The zero-order chi connectivity index (χ0) is 20.1. The maximum Gasteiger partial charge on any atom is 0.237 e. The molecule has 1 heterocycles. The first-order valence-electron chi connectivity index (χ1n) is 8.83. The van der Waals surface area contributed by atoms with E-state index in [0.717, 1.165) is 17.0 Å². The molecule has 7 heteroatoms. The fraction of sp³-hybridized carbons (Fsp3) is 0.190. The molecule has 0 fully saturated rings. The van der Waals surface area contributed by atoms with Gasteiger partial charge >= 0.3 is 0 Å². The van der Waals surface area contributed by atoms with Crippen molar-refractivity contribution in [1.29, 1.82) is 0 Å². The smallest absolute Gasteiger partial charge is 0.237 e. The lowest BCUT2D eigenvalue weighted by Gasteiger charge is -2.14. The van der Waals surface area contributed by atoms with Crippen LogP contribution >= 0.6 is 23.4 Å². The van der Waals surface area contributed by atoms with Gasteiger partial charge in [0.15, 0.2) is 11.0 Å². The number of hydrogen-bond acceptors (Lipinski definition) is 4. The topological polar surface area (TPSA) is 59.8 Å². The number of nitrogens with one attached hydrogen (secondary N) is 1. The predicted molar refractivity (Wildman–Crippen MR) is 116 cm³/mol. The Hall–Kier alpha value is -2.57. The number of allylic oxidation sites excluding steroid dienone is 1. The molecule has 0 spiro atoms. The molecule has 5 nitrogen and oxygen atoms in total. The molecule has 144 valence electrons. The lowest BCUT2D eigenvalue weighted by molar-refractivity contribution is -0.115. The van der Waals surface area contributed by atoms with Crippen LogP contribution in [-0.4, -0.2) is 25.9 Å². The number of aromatic nitrogens is 3. The second kappa shape index (κ2) is 9.08. The van der Waals surface area contributed by atoms with Crippen LogP contribution in [0.1, 0.15) is 12.5 Å². The second-order valence-corrected chi connectivity index (χ2v) is 7.95. The molecule has 3 aromatic rings. The van der Waals surface area contributed by atoms with Gasteiger partial charge in [-0.25, -0.2) is 0 Å². The van der Waals surface area contributed by atoms with E-state index >= 15 is 0 Å². The molecule has 0 radical (unpaired) electrons. The van der Waals surface area contributed by atoms with Crippen LogP contribution in [0.15, 0.2) is 66.3 Å². The third-order valence-corrected chi connectivity index (χ3v) is 5.73. The first-order chi connectivity index (χ1) is 13.5. The van der Waals surface area contributed by atoms with Crippen molar-refractivity contribution in [3.8, 4) is 11.4 Å². The average molecular weight is 413 g/mol. The molecule has 0 saturated heterocycles. The van der Waals surface area contributed by atoms with Gasteiger partial charge in [-0.15, -0.1) is 16.8 Å². The van der Waals surface area contributed by atoms with Crippen LogP contribution in [0.3, 0.4) is 0 Å². The molecule has 0 aliphatic heterocycles. The summed E-state index contributed by atoms with van der Waals surface area (Å²) in [7, 11) is 0. The Labute approximate surface area is 173 Å². The molecule has 1 atom stereocenters. The highest BCUT2D eigenvalue weighted by atomic mass is 35.5. The number of thioether (sulfide) groups is 1. The van der Waals surface area contributed by atoms with E-state index in [4.69, 9.17) is 11.6 Å². The van der Waals surface area contributed by atoms with Crippen LogP contribution in [0.4, 0.5) is 5.69 Å². The van der Waals surface area contributed by atoms with Crippen LogP contribution < -0.4 is 5.32 Å². The first kappa shape index (κ1) is 20.2. The number of halogens is 1. The van der Waals surface area contributed by atoms with Crippen molar-refractivity contribution in [3.63, 3.8) is 0 Å². The second-order valence-electron chi connectivity index (χ2n) is 6.23. The zero-order valence-corrected chi connectivity index (χ0v) is 17.3. The van der Waals surface area contributed by atoms with Crippen molar-refractivity contribution < 1.29 is 4.79 Å². The Morgan fingerprint density at radius 1 is 1.25 bits per heavy atom. The van der Waals surface area contributed by atoms with E-state index in [1.807, 2.05) is 60.9 Å². The SMILES string of the molecule is C=CCn1c(S[C@H](C)C(=O)Nc2cccc(Cl)c2C)nnc1-c1ccccc1. The van der Waals surface area contributed by atoms with Crippen LogP contribution in [0, 0.1) is 6.92 Å². The molecule has 1 N–H and O–H groups in total. The standard InChI is InChI=1S/C21H21ClN4OS/c1-4-13-26-19(16-9-6-5-7-10-16)24-25-21(26)28-15(3)20(27)23-18-12-8-11-17(22)14(18)2/h4-12,15H,1,13H2,2-3H3,(H,23,27)/t15-/m1/s1. The normalized spacial score (nSPS) is 11.8. The first-order valence-corrected chi connectivity index (χ1v) is 10.1. The zero-order valence-electron chi connectivity index (χ0n) is 15.7. The fourth-order valence-corrected chi connectivity index (χ4v) is 3.69. The number of amides is 1. The number of anilines is 1. The number of rotatable bonds is 7. The summed E-state index contributed by atoms with van der Waals surface area (Å²) in [6.45, 7) is 8.10. The molecule has 1 aromatic heterocycles. The highest BCUT2D eigenvalue weighted by Gasteiger charge is 2.21. The molecule has 28 heavy (non-hydrogen) atoms. The van der Waals surface area contributed by atoms with Crippen LogP contribution in [-0.2, 0) is 11.3 Å². The van der Waals surface area contributed by atoms with Crippen molar-refractivity contribution >= 4 is 35.0 Å². The number of carbonyl (C=O) groups is 1. The van der Waals surface area contributed by atoms with Crippen molar-refractivity contribution in [2.45, 2.75) is 30.8 Å². The Morgan fingerprint density at radius 2 is 2.00 bits per heavy atom. The fourth-order valence-electron chi connectivity index (χ4n) is 2.66. The van der Waals surface area contributed by atoms with Crippen LogP contribution in [0.5, 0.6) is 0 Å². The van der Waals surface area contributed by atoms with Gasteiger partial charge in [-0.3, -0.25) is 9.36 Å². The Morgan fingerprint density at radius 3 is 2.71 bits per heavy atom. The van der Waals surface area contributed by atoms with Gasteiger partial charge in [0, 0.05) is 22.8 Å². The quantitative estimate of drug-likeness (QED) is 0.427. The van der Waals surface area contributed by atoms with Gasteiger partial charge < -0.3 is 5.32 Å². The summed E-state index contributed by atoms with van der Waals surface area (Å²) >= 11 is 7.50. The van der Waals surface area contributed by atoms with Gasteiger partial charge in [0.05, 0.1) is 5.25 Å². The summed E-state index contributed by atoms with van der Waals surface area (Å²) in [5.41, 5.74) is 2.52. The molecule has 0 aliphatic carbocycles. The Kier molecular flexibility index (Phi) is 6.54. The summed E-state index contributed by atoms with van der Waals surface area (Å²) in [6.07, 6.45) is 1.79. The van der Waals surface area contributed by atoms with E-state index in [1.165, 1.54) is 11.8 Å². The highest BCUT2D eigenvalue weighted by molar-refractivity contribution is 8.00. The minimum atomic E-state index is -0.366. The van der Waals surface area contributed by atoms with Gasteiger partial charge in [0.1, 0.15) is 0 Å². The number of hydrogen-bond donors (Lipinski definition) is 1. The van der Waals surface area contributed by atoms with E-state index in [1.54, 1.807) is 12.1 Å². The summed E-state index contributed by atoms with van der Waals surface area (Å²) in [5.74, 6) is 0.631. The summed E-state index contributed by atoms with van der Waals surface area (Å²) < 4.78 is 1.96. The van der Waals surface area contributed by atoms with Crippen LogP contribution in [0.2, 0.25) is 5.02 Å². The highest BCUT2D eigenvalue weighted by Crippen LogP contribution is 2.28. The van der Waals surface area contributed by atoms with Crippen molar-refractivity contribution in [2.24, 2.45) is 0 Å². The van der Waals surface area contributed by atoms with E-state index in [0.29, 0.717) is 22.4 Å². The van der Waals surface area contributed by atoms with Crippen molar-refractivity contribution in [2.75, 3.05) is 5.32 Å². The van der Waals surface area contributed by atoms with Gasteiger partial charge in [-0.1, -0.05) is 65.8 Å². The van der Waals surface area contributed by atoms with Crippen molar-refractivity contribution in [3.05, 3.63) is 71.8 Å². The van der Waals surface area contributed by atoms with Gasteiger partial charge in [-0.2, -0.15) is 0 Å². The molecule has 1 amide bonds. The minimum absolute atomic E-state index is 0.121. The monoisotopic (exact) mass is 412 g/mol. The number of benzene rings is 2. The minimum Gasteiger partial charge on any atom is -0.325 e. The van der Waals surface area contributed by atoms with E-state index in [9.17, 15) is 4.79 Å². The van der Waals surface area contributed by atoms with E-state index in [-0.39, 0.29) is 11.2 Å². The predicted octanol–water partition coefficient (Wildman–Crippen LogP) is 5.21. The average Bonchev–Trinajstić information content (AvgIpc) is 3.08. The van der Waals surface area contributed by atoms with Gasteiger partial charge in [0.25, 0.3) is 0 Å². The van der Waals surface area contributed by atoms with Crippen LogP contribution in [0.25, 0.3) is 11.4 Å². The molecule has 0 saturated carbocycles. The molecule has 0 unspecified atom stereocenters. The Bertz CT molecular complexity index is 987. The maximum absolute atomic E-state index is 12.7. The van der Waals surface area contributed by atoms with Gasteiger partial charge in [0.2, 0.25) is 5.91 Å². The summed E-state index contributed by atoms with van der Waals surface area (Å²) in [6, 6.07) is 15.3. The molecule has 0 aliphatic rings. The Balaban J connectivity index is 1.79. The maximum atomic E-state index is 12.7. The summed E-state index contributed by atoms with van der Waals surface area (Å²) in [5, 5.41) is 12.5. The molecule has 3 rings (SSSR count). The molecule has 0 bridgehead atoms. The lowest BCUT2D eigenvalue weighted by atomic mass is 10.2. The molecular formula is C21H21ClN4OS. The largest absolute Gasteiger partial charge is 0.325 e. The number of carbonyl (C=O) groups excluding carboxylic acids is 1. The number of nitrogens with zero attached hydrogens (tertiary/aromatic N) is 3. The summed E-state index contributed by atoms with van der Waals surface area (Å²) in [4.78, 5) is 12.7.